The van der Waals surface area contributed by atoms with E-state index in [0.717, 1.165) is 17.5 Å². The Morgan fingerprint density at radius 1 is 1.38 bits per heavy atom. The van der Waals surface area contributed by atoms with E-state index < -0.39 is 0 Å². The molecule has 3 nitrogen and oxygen atoms in total. The Hall–Kier alpha value is -1.51. The average molecular weight is 289 g/mol. The second kappa shape index (κ2) is 7.48. The van der Waals surface area contributed by atoms with Gasteiger partial charge in [-0.15, -0.1) is 0 Å². The number of nitrogens with one attached hydrogen (secondary N) is 1. The Bertz CT molecular complexity index is 470. The van der Waals surface area contributed by atoms with Gasteiger partial charge in [-0.25, -0.2) is 4.79 Å². The summed E-state index contributed by atoms with van der Waals surface area (Å²) in [5.41, 5.74) is 1.63. The summed E-state index contributed by atoms with van der Waals surface area (Å²) in [6.07, 6.45) is 6.43. The lowest BCUT2D eigenvalue weighted by atomic mass is 9.81. The number of ether oxygens (including phenoxy) is 1. The van der Waals surface area contributed by atoms with Crippen LogP contribution in [-0.4, -0.2) is 19.1 Å². The quantitative estimate of drug-likeness (QED) is 0.812. The van der Waals surface area contributed by atoms with E-state index in [1.54, 1.807) is 6.07 Å². The minimum Gasteiger partial charge on any atom is -0.465 e. The number of hydrogen-bond donors (Lipinski definition) is 1. The van der Waals surface area contributed by atoms with Crippen molar-refractivity contribution in [3.05, 3.63) is 29.8 Å². The molecule has 0 bridgehead atoms. The molecule has 1 fully saturated rings. The van der Waals surface area contributed by atoms with E-state index in [0.29, 0.717) is 11.6 Å². The molecule has 1 aromatic rings. The molecule has 1 saturated carbocycles. The van der Waals surface area contributed by atoms with Gasteiger partial charge < -0.3 is 10.1 Å². The molecule has 0 aliphatic heterocycles. The van der Waals surface area contributed by atoms with Crippen LogP contribution in [0.15, 0.2) is 24.3 Å². The molecule has 3 heteroatoms. The monoisotopic (exact) mass is 289 g/mol. The molecule has 2 atom stereocenters. The molecule has 21 heavy (non-hydrogen) atoms. The molecule has 2 rings (SSSR count). The number of benzene rings is 1. The van der Waals surface area contributed by atoms with Crippen LogP contribution in [0.2, 0.25) is 0 Å². The van der Waals surface area contributed by atoms with E-state index in [-0.39, 0.29) is 5.97 Å². The van der Waals surface area contributed by atoms with E-state index in [1.165, 1.54) is 39.2 Å². The van der Waals surface area contributed by atoms with E-state index in [4.69, 9.17) is 4.74 Å². The zero-order chi connectivity index (χ0) is 15.2. The van der Waals surface area contributed by atoms with Crippen LogP contribution in [-0.2, 0) is 4.74 Å². The van der Waals surface area contributed by atoms with E-state index in [2.05, 4.69) is 19.2 Å². The Kier molecular flexibility index (Phi) is 5.66. The molecule has 0 spiro atoms. The second-order valence-corrected chi connectivity index (χ2v) is 6.58. The number of carbonyl (C=O) groups excluding carboxylic acids is 1. The maximum Gasteiger partial charge on any atom is 0.337 e. The van der Waals surface area contributed by atoms with Crippen molar-refractivity contribution >= 4 is 11.7 Å². The highest BCUT2D eigenvalue weighted by molar-refractivity contribution is 5.90. The third kappa shape index (κ3) is 4.76. The maximum absolute atomic E-state index is 11.6. The summed E-state index contributed by atoms with van der Waals surface area (Å²) in [5.74, 6) is 1.33. The highest BCUT2D eigenvalue weighted by atomic mass is 16.5. The fourth-order valence-corrected chi connectivity index (χ4v) is 3.39. The summed E-state index contributed by atoms with van der Waals surface area (Å²) < 4.78 is 4.78. The van der Waals surface area contributed by atoms with Crippen molar-refractivity contribution in [2.75, 3.05) is 12.4 Å². The lowest BCUT2D eigenvalue weighted by Crippen LogP contribution is -2.28. The first-order valence-electron chi connectivity index (χ1n) is 8.03. The second-order valence-electron chi connectivity index (χ2n) is 6.58. The van der Waals surface area contributed by atoms with Gasteiger partial charge in [0.15, 0.2) is 0 Å². The van der Waals surface area contributed by atoms with Crippen molar-refractivity contribution in [3.63, 3.8) is 0 Å². The zero-order valence-electron chi connectivity index (χ0n) is 13.4. The number of hydrogen-bond acceptors (Lipinski definition) is 3. The molecular weight excluding hydrogens is 262 g/mol. The topological polar surface area (TPSA) is 38.3 Å². The molecule has 1 aliphatic carbocycles. The summed E-state index contributed by atoms with van der Waals surface area (Å²) in [6.45, 7) is 4.60. The molecule has 1 aromatic carbocycles. The predicted molar refractivity (Wildman–Crippen MR) is 86.6 cm³/mol. The third-order valence-electron chi connectivity index (χ3n) is 4.24. The predicted octanol–water partition coefficient (Wildman–Crippen LogP) is 4.49. The molecule has 0 saturated heterocycles. The highest BCUT2D eigenvalue weighted by Gasteiger charge is 2.22. The SMILES string of the molecule is COC(=O)c1cccc(NC2CCCC(CC(C)C)C2)c1. The van der Waals surface area contributed by atoms with Crippen molar-refractivity contribution in [1.82, 2.24) is 0 Å². The van der Waals surface area contributed by atoms with Crippen LogP contribution < -0.4 is 5.32 Å². The lowest BCUT2D eigenvalue weighted by molar-refractivity contribution is 0.0601. The van der Waals surface area contributed by atoms with Gasteiger partial charge in [-0.2, -0.15) is 0 Å². The van der Waals surface area contributed by atoms with Gasteiger partial charge in [0.2, 0.25) is 0 Å². The van der Waals surface area contributed by atoms with Crippen molar-refractivity contribution in [3.8, 4) is 0 Å². The Morgan fingerprint density at radius 2 is 2.19 bits per heavy atom. The van der Waals surface area contributed by atoms with E-state index >= 15 is 0 Å². The van der Waals surface area contributed by atoms with Gasteiger partial charge in [0.05, 0.1) is 12.7 Å². The Balaban J connectivity index is 1.96. The molecule has 2 unspecified atom stereocenters. The van der Waals surface area contributed by atoms with Crippen molar-refractivity contribution in [1.29, 1.82) is 0 Å². The normalized spacial score (nSPS) is 22.1. The Labute approximate surface area is 128 Å². The number of methoxy groups -OCH3 is 1. The van der Waals surface area contributed by atoms with Gasteiger partial charge in [-0.3, -0.25) is 0 Å². The van der Waals surface area contributed by atoms with Crippen LogP contribution in [0.1, 0.15) is 56.3 Å². The highest BCUT2D eigenvalue weighted by Crippen LogP contribution is 2.31. The first kappa shape index (κ1) is 15.9. The van der Waals surface area contributed by atoms with Crippen molar-refractivity contribution in [2.24, 2.45) is 11.8 Å². The van der Waals surface area contributed by atoms with Crippen LogP contribution >= 0.6 is 0 Å². The standard InChI is InChI=1S/C18H27NO2/c1-13(2)10-14-6-4-8-16(11-14)19-17-9-5-7-15(12-17)18(20)21-3/h5,7,9,12-14,16,19H,4,6,8,10-11H2,1-3H3. The molecular formula is C18H27NO2. The average Bonchev–Trinajstić information content (AvgIpc) is 2.46. The van der Waals surface area contributed by atoms with Gasteiger partial charge in [0.1, 0.15) is 0 Å². The number of esters is 1. The Morgan fingerprint density at radius 3 is 2.90 bits per heavy atom. The molecule has 116 valence electrons. The summed E-state index contributed by atoms with van der Waals surface area (Å²) in [5, 5.41) is 3.60. The number of rotatable bonds is 5. The largest absolute Gasteiger partial charge is 0.465 e. The van der Waals surface area contributed by atoms with Crippen LogP contribution in [0.25, 0.3) is 0 Å². The van der Waals surface area contributed by atoms with E-state index in [1.807, 2.05) is 18.2 Å². The zero-order valence-corrected chi connectivity index (χ0v) is 13.4. The van der Waals surface area contributed by atoms with Crippen molar-refractivity contribution < 1.29 is 9.53 Å². The van der Waals surface area contributed by atoms with Gasteiger partial charge in [0.25, 0.3) is 0 Å². The minimum atomic E-state index is -0.278. The molecule has 0 aromatic heterocycles. The van der Waals surface area contributed by atoms with E-state index in [9.17, 15) is 4.79 Å². The lowest BCUT2D eigenvalue weighted by Gasteiger charge is -2.31. The van der Waals surface area contributed by atoms with Crippen LogP contribution in [0.4, 0.5) is 5.69 Å². The summed E-state index contributed by atoms with van der Waals surface area (Å²) in [6, 6.07) is 8.13. The summed E-state index contributed by atoms with van der Waals surface area (Å²) in [7, 11) is 1.42. The minimum absolute atomic E-state index is 0.278. The maximum atomic E-state index is 11.6. The summed E-state index contributed by atoms with van der Waals surface area (Å²) in [4.78, 5) is 11.6. The van der Waals surface area contributed by atoms with Crippen molar-refractivity contribution in [2.45, 2.75) is 52.0 Å². The van der Waals surface area contributed by atoms with Gasteiger partial charge >= 0.3 is 5.97 Å². The first-order chi connectivity index (χ1) is 10.1. The van der Waals surface area contributed by atoms with Crippen LogP contribution in [0.5, 0.6) is 0 Å². The third-order valence-corrected chi connectivity index (χ3v) is 4.24. The smallest absolute Gasteiger partial charge is 0.337 e. The molecule has 1 N–H and O–H groups in total. The molecule has 0 radical (unpaired) electrons. The summed E-state index contributed by atoms with van der Waals surface area (Å²) >= 11 is 0. The van der Waals surface area contributed by atoms with Gasteiger partial charge in [-0.05, 0) is 49.3 Å². The fraction of sp³-hybridized carbons (Fsp3) is 0.611. The number of anilines is 1. The van der Waals surface area contributed by atoms with Crippen LogP contribution in [0.3, 0.4) is 0 Å². The van der Waals surface area contributed by atoms with Gasteiger partial charge in [-0.1, -0.05) is 32.8 Å². The first-order valence-corrected chi connectivity index (χ1v) is 8.03. The molecule has 0 heterocycles. The molecule has 0 amide bonds. The number of carbonyl (C=O) groups is 1. The van der Waals surface area contributed by atoms with Crippen LogP contribution in [0, 0.1) is 11.8 Å². The fourth-order valence-electron chi connectivity index (χ4n) is 3.39. The molecule has 1 aliphatic rings. The van der Waals surface area contributed by atoms with Gasteiger partial charge in [0, 0.05) is 11.7 Å².